The van der Waals surface area contributed by atoms with Gasteiger partial charge in [-0.05, 0) is 18.2 Å². The molecule has 0 radical (unpaired) electrons. The summed E-state index contributed by atoms with van der Waals surface area (Å²) in [6, 6.07) is 7.65. The van der Waals surface area contributed by atoms with Gasteiger partial charge in [0.15, 0.2) is 0 Å². The smallest absolute Gasteiger partial charge is 0.228 e. The number of hydrogen-bond donors (Lipinski definition) is 1. The van der Waals surface area contributed by atoms with Gasteiger partial charge in [-0.25, -0.2) is 0 Å². The van der Waals surface area contributed by atoms with Crippen LogP contribution in [0, 0.1) is 0 Å². The van der Waals surface area contributed by atoms with Crippen molar-refractivity contribution in [1.29, 1.82) is 0 Å². The third-order valence-electron chi connectivity index (χ3n) is 2.22. The van der Waals surface area contributed by atoms with Crippen molar-refractivity contribution in [2.24, 2.45) is 0 Å². The van der Waals surface area contributed by atoms with Crippen LogP contribution < -0.4 is 4.90 Å². The Balaban J connectivity index is 2.27. The number of carbonyl (C=O) groups is 1. The fraction of sp³-hybridized carbons (Fsp3) is 0.300. The minimum atomic E-state index is 0.172. The van der Waals surface area contributed by atoms with E-state index in [2.05, 4.69) is 28.6 Å². The van der Waals surface area contributed by atoms with Crippen LogP contribution in [0.3, 0.4) is 0 Å². The summed E-state index contributed by atoms with van der Waals surface area (Å²) in [5.74, 6) is 0.172. The number of thiol groups is 1. The molecule has 2 rings (SSSR count). The average Bonchev–Trinajstić information content (AvgIpc) is 2.45. The molecule has 1 heterocycles. The van der Waals surface area contributed by atoms with Crippen LogP contribution in [-0.4, -0.2) is 17.3 Å². The van der Waals surface area contributed by atoms with Gasteiger partial charge in [0.25, 0.3) is 0 Å². The van der Waals surface area contributed by atoms with Gasteiger partial charge in [-0.2, -0.15) is 0 Å². The molecule has 1 atom stereocenters. The first-order chi connectivity index (χ1) is 6.66. The van der Waals surface area contributed by atoms with Gasteiger partial charge in [-0.15, -0.1) is 12.6 Å². The summed E-state index contributed by atoms with van der Waals surface area (Å²) in [4.78, 5) is 14.5. The van der Waals surface area contributed by atoms with Crippen LogP contribution in [0.25, 0.3) is 0 Å². The molecule has 4 heteroatoms. The summed E-state index contributed by atoms with van der Waals surface area (Å²) in [5, 5.41) is 0. The van der Waals surface area contributed by atoms with Gasteiger partial charge in [-0.3, -0.25) is 4.79 Å². The van der Waals surface area contributed by atoms with E-state index in [-0.39, 0.29) is 10.7 Å². The first kappa shape index (κ1) is 10.1. The molecule has 1 aliphatic rings. The summed E-state index contributed by atoms with van der Waals surface area (Å²) in [6.07, 6.45) is 0.580. The summed E-state index contributed by atoms with van der Waals surface area (Å²) in [6.45, 7) is 0.746. The van der Waals surface area contributed by atoms with Crippen molar-refractivity contribution in [3.8, 4) is 0 Å². The second-order valence-corrected chi connectivity index (χ2v) is 5.14. The number of amides is 1. The average molecular weight is 272 g/mol. The van der Waals surface area contributed by atoms with Crippen molar-refractivity contribution in [2.75, 3.05) is 11.4 Å². The van der Waals surface area contributed by atoms with E-state index in [9.17, 15) is 4.79 Å². The van der Waals surface area contributed by atoms with E-state index in [4.69, 9.17) is 0 Å². The number of halogens is 1. The van der Waals surface area contributed by atoms with E-state index in [1.165, 1.54) is 0 Å². The van der Waals surface area contributed by atoms with Gasteiger partial charge in [0.05, 0.1) is 0 Å². The number of rotatable bonds is 1. The summed E-state index contributed by atoms with van der Waals surface area (Å²) in [7, 11) is 0. The number of benzene rings is 1. The van der Waals surface area contributed by atoms with E-state index >= 15 is 0 Å². The fourth-order valence-electron chi connectivity index (χ4n) is 1.57. The molecule has 14 heavy (non-hydrogen) atoms. The van der Waals surface area contributed by atoms with Crippen LogP contribution in [0.4, 0.5) is 5.69 Å². The molecular weight excluding hydrogens is 262 g/mol. The predicted molar refractivity (Wildman–Crippen MR) is 63.4 cm³/mol. The summed E-state index contributed by atoms with van der Waals surface area (Å²) < 4.78 is 0. The lowest BCUT2D eigenvalue weighted by Gasteiger charge is -2.15. The van der Waals surface area contributed by atoms with E-state index in [0.717, 1.165) is 17.1 Å². The van der Waals surface area contributed by atoms with Crippen LogP contribution in [-0.2, 0) is 4.79 Å². The Morgan fingerprint density at radius 1 is 1.50 bits per heavy atom. The SMILES string of the molecule is O=C1CC(Br)CN1c1cccc(S)c1. The first-order valence-corrected chi connectivity index (χ1v) is 5.76. The maximum Gasteiger partial charge on any atom is 0.228 e. The lowest BCUT2D eigenvalue weighted by molar-refractivity contribution is -0.117. The number of alkyl halides is 1. The van der Waals surface area contributed by atoms with Gasteiger partial charge >= 0.3 is 0 Å². The van der Waals surface area contributed by atoms with E-state index in [1.807, 2.05) is 24.3 Å². The second-order valence-electron chi connectivity index (χ2n) is 3.33. The number of anilines is 1. The zero-order valence-electron chi connectivity index (χ0n) is 7.48. The van der Waals surface area contributed by atoms with Crippen LogP contribution in [0.15, 0.2) is 29.2 Å². The molecule has 74 valence electrons. The largest absolute Gasteiger partial charge is 0.311 e. The Morgan fingerprint density at radius 2 is 2.29 bits per heavy atom. The van der Waals surface area contributed by atoms with Crippen molar-refractivity contribution in [1.82, 2.24) is 0 Å². The van der Waals surface area contributed by atoms with Gasteiger partial charge in [0, 0.05) is 28.4 Å². The molecule has 2 nitrogen and oxygen atoms in total. The van der Waals surface area contributed by atoms with Crippen LogP contribution in [0.5, 0.6) is 0 Å². The Bertz CT molecular complexity index is 369. The lowest BCUT2D eigenvalue weighted by Crippen LogP contribution is -2.24. The highest BCUT2D eigenvalue weighted by Crippen LogP contribution is 2.26. The van der Waals surface area contributed by atoms with Crippen molar-refractivity contribution >= 4 is 40.2 Å². The Hall–Kier alpha value is -0.480. The summed E-state index contributed by atoms with van der Waals surface area (Å²) >= 11 is 7.70. The van der Waals surface area contributed by atoms with Gasteiger partial charge in [-0.1, -0.05) is 22.0 Å². The quantitative estimate of drug-likeness (QED) is 0.615. The topological polar surface area (TPSA) is 20.3 Å². The Labute approximate surface area is 96.8 Å². The minimum Gasteiger partial charge on any atom is -0.311 e. The molecule has 1 fully saturated rings. The molecule has 1 saturated heterocycles. The van der Waals surface area contributed by atoms with Crippen molar-refractivity contribution in [2.45, 2.75) is 16.1 Å². The van der Waals surface area contributed by atoms with Gasteiger partial charge in [0.2, 0.25) is 5.91 Å². The molecule has 0 N–H and O–H groups in total. The number of carbonyl (C=O) groups excluding carboxylic acids is 1. The molecule has 0 aromatic heterocycles. The lowest BCUT2D eigenvalue weighted by atomic mass is 10.3. The highest BCUT2D eigenvalue weighted by Gasteiger charge is 2.28. The molecule has 1 aromatic rings. The number of nitrogens with zero attached hydrogens (tertiary/aromatic N) is 1. The molecule has 1 amide bonds. The standard InChI is InChI=1S/C10H10BrNOS/c11-7-4-10(13)12(6-7)8-2-1-3-9(14)5-8/h1-3,5,7,14H,4,6H2. The molecule has 1 aliphatic heterocycles. The molecule has 1 unspecified atom stereocenters. The normalized spacial score (nSPS) is 21.7. The second kappa shape index (κ2) is 3.95. The van der Waals surface area contributed by atoms with Gasteiger partial charge in [0.1, 0.15) is 0 Å². The molecule has 0 bridgehead atoms. The monoisotopic (exact) mass is 271 g/mol. The Kier molecular flexibility index (Phi) is 2.83. The first-order valence-electron chi connectivity index (χ1n) is 4.40. The minimum absolute atomic E-state index is 0.172. The van der Waals surface area contributed by atoms with E-state index in [0.29, 0.717) is 6.42 Å². The Morgan fingerprint density at radius 3 is 2.86 bits per heavy atom. The third kappa shape index (κ3) is 1.96. The van der Waals surface area contributed by atoms with Crippen molar-refractivity contribution in [3.05, 3.63) is 24.3 Å². The zero-order chi connectivity index (χ0) is 10.1. The molecule has 0 spiro atoms. The number of hydrogen-bond acceptors (Lipinski definition) is 2. The molecule has 0 aliphatic carbocycles. The molecular formula is C10H10BrNOS. The predicted octanol–water partition coefficient (Wildman–Crippen LogP) is 2.48. The van der Waals surface area contributed by atoms with Crippen LogP contribution in [0.1, 0.15) is 6.42 Å². The summed E-state index contributed by atoms with van der Waals surface area (Å²) in [5.41, 5.74) is 0.935. The molecule has 1 aromatic carbocycles. The highest BCUT2D eigenvalue weighted by molar-refractivity contribution is 9.09. The van der Waals surface area contributed by atoms with Crippen molar-refractivity contribution < 1.29 is 4.79 Å². The van der Waals surface area contributed by atoms with Crippen molar-refractivity contribution in [3.63, 3.8) is 0 Å². The van der Waals surface area contributed by atoms with Crippen LogP contribution >= 0.6 is 28.6 Å². The highest BCUT2D eigenvalue weighted by atomic mass is 79.9. The maximum absolute atomic E-state index is 11.6. The fourth-order valence-corrected chi connectivity index (χ4v) is 2.36. The van der Waals surface area contributed by atoms with Crippen LogP contribution in [0.2, 0.25) is 0 Å². The van der Waals surface area contributed by atoms with E-state index in [1.54, 1.807) is 4.90 Å². The van der Waals surface area contributed by atoms with Gasteiger partial charge < -0.3 is 4.90 Å². The van der Waals surface area contributed by atoms with E-state index < -0.39 is 0 Å². The third-order valence-corrected chi connectivity index (χ3v) is 3.11. The molecule has 0 saturated carbocycles. The zero-order valence-corrected chi connectivity index (χ0v) is 9.96. The maximum atomic E-state index is 11.6.